The summed E-state index contributed by atoms with van der Waals surface area (Å²) in [6.45, 7) is 0. The molecule has 0 aliphatic heterocycles. The third-order valence-electron chi connectivity index (χ3n) is 4.47. The van der Waals surface area contributed by atoms with Gasteiger partial charge in [0.15, 0.2) is 0 Å². The van der Waals surface area contributed by atoms with Crippen molar-refractivity contribution in [2.75, 3.05) is 5.32 Å². The van der Waals surface area contributed by atoms with E-state index in [4.69, 9.17) is 34.8 Å². The van der Waals surface area contributed by atoms with Crippen LogP contribution < -0.4 is 5.32 Å². The van der Waals surface area contributed by atoms with Crippen LogP contribution in [0.1, 0.15) is 10.4 Å². The summed E-state index contributed by atoms with van der Waals surface area (Å²) in [7, 11) is 0. The SMILES string of the molecule is O=C(Nc1cc(Cl)c(-c2cccc3cccnc23)c(Cl)c1)c1cc(Cl)cc(Br)c1O. The fraction of sp³-hybridized carbons (Fsp3) is 0. The maximum Gasteiger partial charge on any atom is 0.259 e. The zero-order valence-electron chi connectivity index (χ0n) is 15.1. The number of nitrogens with zero attached hydrogens (tertiary/aromatic N) is 1. The number of amides is 1. The molecule has 2 N–H and O–H groups in total. The van der Waals surface area contributed by atoms with Crippen LogP contribution in [0.5, 0.6) is 5.75 Å². The molecule has 8 heteroatoms. The van der Waals surface area contributed by atoms with E-state index in [1.165, 1.54) is 12.1 Å². The average Bonchev–Trinajstić information content (AvgIpc) is 2.70. The molecule has 0 spiro atoms. The average molecular weight is 523 g/mol. The van der Waals surface area contributed by atoms with Gasteiger partial charge in [-0.25, -0.2) is 0 Å². The predicted molar refractivity (Wildman–Crippen MR) is 126 cm³/mol. The third kappa shape index (κ3) is 3.98. The first-order valence-electron chi connectivity index (χ1n) is 8.67. The number of hydrogen-bond donors (Lipinski definition) is 2. The zero-order chi connectivity index (χ0) is 21.4. The summed E-state index contributed by atoms with van der Waals surface area (Å²) in [5.74, 6) is -0.769. The molecule has 3 aromatic carbocycles. The summed E-state index contributed by atoms with van der Waals surface area (Å²) in [5, 5.41) is 14.8. The molecule has 0 aliphatic rings. The fourth-order valence-electron chi connectivity index (χ4n) is 3.15. The molecule has 1 heterocycles. The number of aromatic hydroxyl groups is 1. The molecule has 30 heavy (non-hydrogen) atoms. The molecular formula is C22H12BrCl3N2O2. The van der Waals surface area contributed by atoms with Crippen molar-refractivity contribution < 1.29 is 9.90 Å². The van der Waals surface area contributed by atoms with Gasteiger partial charge in [0, 0.05) is 33.4 Å². The van der Waals surface area contributed by atoms with E-state index in [-0.39, 0.29) is 11.3 Å². The summed E-state index contributed by atoms with van der Waals surface area (Å²) in [6.07, 6.45) is 1.71. The quantitative estimate of drug-likeness (QED) is 0.292. The summed E-state index contributed by atoms with van der Waals surface area (Å²) in [6, 6.07) is 15.6. The molecule has 0 saturated carbocycles. The van der Waals surface area contributed by atoms with Crippen molar-refractivity contribution in [1.82, 2.24) is 4.98 Å². The Balaban J connectivity index is 1.73. The number of benzene rings is 3. The lowest BCUT2D eigenvalue weighted by Crippen LogP contribution is -2.12. The highest BCUT2D eigenvalue weighted by molar-refractivity contribution is 9.10. The minimum absolute atomic E-state index is 0.0175. The number of nitrogens with one attached hydrogen (secondary N) is 1. The van der Waals surface area contributed by atoms with Crippen molar-refractivity contribution in [3.8, 4) is 16.9 Å². The highest BCUT2D eigenvalue weighted by atomic mass is 79.9. The number of fused-ring (bicyclic) bond motifs is 1. The highest BCUT2D eigenvalue weighted by Gasteiger charge is 2.18. The van der Waals surface area contributed by atoms with Crippen LogP contribution in [-0.2, 0) is 0 Å². The maximum atomic E-state index is 12.6. The number of para-hydroxylation sites is 1. The Morgan fingerprint density at radius 3 is 2.43 bits per heavy atom. The summed E-state index contributed by atoms with van der Waals surface area (Å²) >= 11 is 22.2. The Labute approximate surface area is 195 Å². The van der Waals surface area contributed by atoms with Gasteiger partial charge in [-0.2, -0.15) is 0 Å². The number of halogens is 4. The minimum atomic E-state index is -0.553. The molecule has 0 atom stereocenters. The van der Waals surface area contributed by atoms with Crippen molar-refractivity contribution in [2.24, 2.45) is 0 Å². The van der Waals surface area contributed by atoms with E-state index >= 15 is 0 Å². The van der Waals surface area contributed by atoms with E-state index in [1.54, 1.807) is 18.3 Å². The second-order valence-electron chi connectivity index (χ2n) is 6.43. The molecular weight excluding hydrogens is 511 g/mol. The molecule has 4 nitrogen and oxygen atoms in total. The lowest BCUT2D eigenvalue weighted by atomic mass is 10.0. The second kappa shape index (κ2) is 8.44. The Bertz CT molecular complexity index is 1280. The van der Waals surface area contributed by atoms with Crippen molar-refractivity contribution in [1.29, 1.82) is 0 Å². The van der Waals surface area contributed by atoms with Gasteiger partial charge in [-0.05, 0) is 46.3 Å². The van der Waals surface area contributed by atoms with E-state index in [9.17, 15) is 9.90 Å². The molecule has 0 aliphatic carbocycles. The van der Waals surface area contributed by atoms with Crippen LogP contribution >= 0.6 is 50.7 Å². The zero-order valence-corrected chi connectivity index (χ0v) is 18.9. The highest BCUT2D eigenvalue weighted by Crippen LogP contribution is 2.40. The summed E-state index contributed by atoms with van der Waals surface area (Å²) in [4.78, 5) is 17.1. The first kappa shape index (κ1) is 20.9. The number of anilines is 1. The second-order valence-corrected chi connectivity index (χ2v) is 8.54. The van der Waals surface area contributed by atoms with Crippen molar-refractivity contribution >= 4 is 73.2 Å². The molecule has 0 saturated heterocycles. The molecule has 0 unspecified atom stereocenters. The van der Waals surface area contributed by atoms with Crippen LogP contribution in [0.3, 0.4) is 0 Å². The van der Waals surface area contributed by atoms with Crippen LogP contribution in [0.15, 0.2) is 65.3 Å². The van der Waals surface area contributed by atoms with Crippen molar-refractivity contribution in [2.45, 2.75) is 0 Å². The van der Waals surface area contributed by atoms with Gasteiger partial charge in [-0.3, -0.25) is 9.78 Å². The Hall–Kier alpha value is -2.31. The number of phenols is 1. The Morgan fingerprint density at radius 2 is 1.70 bits per heavy atom. The number of pyridine rings is 1. The van der Waals surface area contributed by atoms with Crippen LogP contribution in [0.2, 0.25) is 15.1 Å². The van der Waals surface area contributed by atoms with Crippen molar-refractivity contribution in [3.05, 3.63) is 85.9 Å². The summed E-state index contributed by atoms with van der Waals surface area (Å²) < 4.78 is 0.315. The van der Waals surface area contributed by atoms with Gasteiger partial charge in [-0.1, -0.05) is 59.1 Å². The molecule has 150 valence electrons. The molecule has 1 amide bonds. The number of rotatable bonds is 3. The molecule has 4 aromatic rings. The van der Waals surface area contributed by atoms with E-state index in [2.05, 4.69) is 26.2 Å². The van der Waals surface area contributed by atoms with Gasteiger partial charge in [0.05, 0.1) is 25.6 Å². The normalized spacial score (nSPS) is 10.9. The van der Waals surface area contributed by atoms with Gasteiger partial charge < -0.3 is 10.4 Å². The monoisotopic (exact) mass is 520 g/mol. The van der Waals surface area contributed by atoms with Crippen LogP contribution in [-0.4, -0.2) is 16.0 Å². The largest absolute Gasteiger partial charge is 0.506 e. The third-order valence-corrected chi connectivity index (χ3v) is 5.89. The number of carbonyl (C=O) groups is 1. The molecule has 4 rings (SSSR count). The lowest BCUT2D eigenvalue weighted by Gasteiger charge is -2.13. The Kier molecular flexibility index (Phi) is 5.89. The van der Waals surface area contributed by atoms with E-state index in [0.717, 1.165) is 16.5 Å². The van der Waals surface area contributed by atoms with E-state index in [1.807, 2.05) is 30.3 Å². The first-order chi connectivity index (χ1) is 14.3. The fourth-order valence-corrected chi connectivity index (χ4v) is 4.65. The van der Waals surface area contributed by atoms with Crippen molar-refractivity contribution in [3.63, 3.8) is 0 Å². The van der Waals surface area contributed by atoms with Gasteiger partial charge in [-0.15, -0.1) is 0 Å². The van der Waals surface area contributed by atoms with Crippen LogP contribution in [0.25, 0.3) is 22.0 Å². The molecule has 0 radical (unpaired) electrons. The molecule has 0 bridgehead atoms. The van der Waals surface area contributed by atoms with Crippen LogP contribution in [0, 0.1) is 0 Å². The first-order valence-corrected chi connectivity index (χ1v) is 10.6. The van der Waals surface area contributed by atoms with E-state index in [0.29, 0.717) is 30.8 Å². The van der Waals surface area contributed by atoms with Gasteiger partial charge in [0.25, 0.3) is 5.91 Å². The number of carbonyl (C=O) groups excluding carboxylic acids is 1. The molecule has 0 fully saturated rings. The predicted octanol–water partition coefficient (Wildman–Crippen LogP) is 7.58. The maximum absolute atomic E-state index is 12.6. The number of phenolic OH excluding ortho intramolecular Hbond substituents is 1. The van der Waals surface area contributed by atoms with Gasteiger partial charge in [0.1, 0.15) is 5.75 Å². The lowest BCUT2D eigenvalue weighted by molar-refractivity contribution is 0.102. The number of hydrogen-bond acceptors (Lipinski definition) is 3. The standard InChI is InChI=1S/C22H12BrCl3N2O2/c23-16-8-12(24)7-15(21(16)29)22(30)28-13-9-17(25)19(18(26)10-13)14-5-1-3-11-4-2-6-27-20(11)14/h1-10,29H,(H,28,30). The van der Waals surface area contributed by atoms with E-state index < -0.39 is 5.91 Å². The molecule has 1 aromatic heterocycles. The Morgan fingerprint density at radius 1 is 1.00 bits per heavy atom. The smallest absolute Gasteiger partial charge is 0.259 e. The van der Waals surface area contributed by atoms with Gasteiger partial charge >= 0.3 is 0 Å². The summed E-state index contributed by atoms with van der Waals surface area (Å²) in [5.41, 5.74) is 2.58. The topological polar surface area (TPSA) is 62.2 Å². The van der Waals surface area contributed by atoms with Crippen LogP contribution in [0.4, 0.5) is 5.69 Å². The minimum Gasteiger partial charge on any atom is -0.506 e. The van der Waals surface area contributed by atoms with Gasteiger partial charge in [0.2, 0.25) is 0 Å². The number of aromatic nitrogens is 1.